The molecule has 0 aliphatic carbocycles. The van der Waals surface area contributed by atoms with Crippen molar-refractivity contribution in [2.75, 3.05) is 19.8 Å². The maximum atomic E-state index is 5.69. The summed E-state index contributed by atoms with van der Waals surface area (Å²) in [6.45, 7) is 11.0. The van der Waals surface area contributed by atoms with Crippen molar-refractivity contribution in [1.82, 2.24) is 5.32 Å². The minimum absolute atomic E-state index is 0.0916. The molecule has 0 amide bonds. The van der Waals surface area contributed by atoms with Gasteiger partial charge < -0.3 is 14.8 Å². The summed E-state index contributed by atoms with van der Waals surface area (Å²) in [6, 6.07) is 0.330. The molecule has 18 heavy (non-hydrogen) atoms. The molecule has 0 heterocycles. The highest BCUT2D eigenvalue weighted by molar-refractivity contribution is 4.70. The van der Waals surface area contributed by atoms with E-state index in [2.05, 4.69) is 19.2 Å². The smallest absolute Gasteiger partial charge is 0.172 e. The standard InChI is InChI=1S/C15H33NO2/c1-5-9-10-11-13-16-14(12-6-2)15(17-7-3)18-8-4/h14-16H,5-13H2,1-4H3. The summed E-state index contributed by atoms with van der Waals surface area (Å²) in [7, 11) is 0. The maximum Gasteiger partial charge on any atom is 0.172 e. The van der Waals surface area contributed by atoms with Gasteiger partial charge in [0.25, 0.3) is 0 Å². The number of rotatable bonds is 13. The third kappa shape index (κ3) is 8.90. The highest BCUT2D eigenvalue weighted by atomic mass is 16.7. The Bertz CT molecular complexity index is 159. The molecule has 0 aromatic heterocycles. The Balaban J connectivity index is 3.98. The molecule has 0 bridgehead atoms. The fourth-order valence-corrected chi connectivity index (χ4v) is 2.09. The maximum absolute atomic E-state index is 5.69. The van der Waals surface area contributed by atoms with Gasteiger partial charge in [-0.1, -0.05) is 39.5 Å². The van der Waals surface area contributed by atoms with E-state index in [0.717, 1.165) is 19.4 Å². The van der Waals surface area contributed by atoms with Crippen LogP contribution in [0.5, 0.6) is 0 Å². The highest BCUT2D eigenvalue weighted by Gasteiger charge is 2.20. The van der Waals surface area contributed by atoms with Gasteiger partial charge >= 0.3 is 0 Å². The lowest BCUT2D eigenvalue weighted by Crippen LogP contribution is -2.43. The molecule has 0 aliphatic heterocycles. The molecule has 0 spiro atoms. The summed E-state index contributed by atoms with van der Waals surface area (Å²) < 4.78 is 11.4. The second-order valence-corrected chi connectivity index (χ2v) is 4.69. The van der Waals surface area contributed by atoms with E-state index < -0.39 is 0 Å². The van der Waals surface area contributed by atoms with Crippen LogP contribution in [0.2, 0.25) is 0 Å². The van der Waals surface area contributed by atoms with Crippen molar-refractivity contribution in [3.05, 3.63) is 0 Å². The van der Waals surface area contributed by atoms with Crippen LogP contribution in [0.1, 0.15) is 66.2 Å². The number of hydrogen-bond donors (Lipinski definition) is 1. The molecule has 3 nitrogen and oxygen atoms in total. The molecule has 0 radical (unpaired) electrons. The second kappa shape index (κ2) is 13.3. The molecule has 0 fully saturated rings. The van der Waals surface area contributed by atoms with E-state index in [-0.39, 0.29) is 6.29 Å². The minimum atomic E-state index is -0.0916. The van der Waals surface area contributed by atoms with Gasteiger partial charge in [0, 0.05) is 13.2 Å². The molecule has 1 unspecified atom stereocenters. The average Bonchev–Trinajstić information content (AvgIpc) is 2.37. The lowest BCUT2D eigenvalue weighted by Gasteiger charge is -2.27. The van der Waals surface area contributed by atoms with E-state index in [0.29, 0.717) is 19.3 Å². The van der Waals surface area contributed by atoms with Crippen LogP contribution >= 0.6 is 0 Å². The first-order chi connectivity index (χ1) is 8.79. The van der Waals surface area contributed by atoms with E-state index in [4.69, 9.17) is 9.47 Å². The second-order valence-electron chi connectivity index (χ2n) is 4.69. The summed E-state index contributed by atoms with van der Waals surface area (Å²) in [6.07, 6.45) is 7.36. The zero-order valence-electron chi connectivity index (χ0n) is 12.8. The quantitative estimate of drug-likeness (QED) is 0.404. The number of nitrogens with one attached hydrogen (secondary N) is 1. The van der Waals surface area contributed by atoms with E-state index in [1.54, 1.807) is 0 Å². The summed E-state index contributed by atoms with van der Waals surface area (Å²) >= 11 is 0. The van der Waals surface area contributed by atoms with Gasteiger partial charge in [0.15, 0.2) is 6.29 Å². The van der Waals surface area contributed by atoms with E-state index >= 15 is 0 Å². The van der Waals surface area contributed by atoms with Crippen LogP contribution in [0.25, 0.3) is 0 Å². The fraction of sp³-hybridized carbons (Fsp3) is 1.00. The molecule has 1 atom stereocenters. The van der Waals surface area contributed by atoms with Crippen molar-refractivity contribution in [2.45, 2.75) is 78.6 Å². The Hall–Kier alpha value is -0.120. The van der Waals surface area contributed by atoms with E-state index in [9.17, 15) is 0 Å². The first-order valence-corrected chi connectivity index (χ1v) is 7.76. The first kappa shape index (κ1) is 17.9. The Morgan fingerprint density at radius 2 is 1.50 bits per heavy atom. The van der Waals surface area contributed by atoms with E-state index in [1.165, 1.54) is 25.7 Å². The predicted octanol–water partition coefficient (Wildman–Crippen LogP) is 3.72. The topological polar surface area (TPSA) is 30.5 Å². The molecule has 0 aromatic carbocycles. The van der Waals surface area contributed by atoms with Gasteiger partial charge in [-0.3, -0.25) is 0 Å². The van der Waals surface area contributed by atoms with Gasteiger partial charge in [0.2, 0.25) is 0 Å². The van der Waals surface area contributed by atoms with Crippen LogP contribution in [0.3, 0.4) is 0 Å². The van der Waals surface area contributed by atoms with Gasteiger partial charge in [-0.2, -0.15) is 0 Å². The largest absolute Gasteiger partial charge is 0.351 e. The monoisotopic (exact) mass is 259 g/mol. The van der Waals surface area contributed by atoms with Crippen LogP contribution in [0.15, 0.2) is 0 Å². The summed E-state index contributed by atoms with van der Waals surface area (Å²) in [5.74, 6) is 0. The van der Waals surface area contributed by atoms with Crippen LogP contribution in [0.4, 0.5) is 0 Å². The minimum Gasteiger partial charge on any atom is -0.351 e. The van der Waals surface area contributed by atoms with Crippen molar-refractivity contribution < 1.29 is 9.47 Å². The van der Waals surface area contributed by atoms with Gasteiger partial charge in [-0.25, -0.2) is 0 Å². The van der Waals surface area contributed by atoms with Gasteiger partial charge in [0.05, 0.1) is 6.04 Å². The van der Waals surface area contributed by atoms with Crippen molar-refractivity contribution in [3.8, 4) is 0 Å². The van der Waals surface area contributed by atoms with Crippen LogP contribution in [-0.4, -0.2) is 32.1 Å². The van der Waals surface area contributed by atoms with Gasteiger partial charge in [0.1, 0.15) is 0 Å². The average molecular weight is 259 g/mol. The molecule has 3 heteroatoms. The Kier molecular flexibility index (Phi) is 13.2. The normalized spacial score (nSPS) is 13.2. The van der Waals surface area contributed by atoms with Crippen molar-refractivity contribution >= 4 is 0 Å². The summed E-state index contributed by atoms with van der Waals surface area (Å²) in [5.41, 5.74) is 0. The first-order valence-electron chi connectivity index (χ1n) is 7.76. The number of hydrogen-bond acceptors (Lipinski definition) is 3. The van der Waals surface area contributed by atoms with Gasteiger partial charge in [-0.05, 0) is 33.2 Å². The molecular formula is C15H33NO2. The molecule has 0 saturated carbocycles. The lowest BCUT2D eigenvalue weighted by atomic mass is 10.1. The van der Waals surface area contributed by atoms with Crippen molar-refractivity contribution in [2.24, 2.45) is 0 Å². The Labute approximate surface area is 114 Å². The Morgan fingerprint density at radius 1 is 0.833 bits per heavy atom. The SMILES string of the molecule is CCCCCCNC(CCC)C(OCC)OCC. The lowest BCUT2D eigenvalue weighted by molar-refractivity contribution is -0.155. The molecule has 0 saturated heterocycles. The zero-order chi connectivity index (χ0) is 13.6. The molecular weight excluding hydrogens is 226 g/mol. The van der Waals surface area contributed by atoms with Crippen LogP contribution < -0.4 is 5.32 Å². The zero-order valence-corrected chi connectivity index (χ0v) is 12.8. The molecule has 0 aliphatic rings. The Morgan fingerprint density at radius 3 is 2.00 bits per heavy atom. The summed E-state index contributed by atoms with van der Waals surface area (Å²) in [4.78, 5) is 0. The predicted molar refractivity (Wildman–Crippen MR) is 77.9 cm³/mol. The highest BCUT2D eigenvalue weighted by Crippen LogP contribution is 2.09. The molecule has 0 rings (SSSR count). The van der Waals surface area contributed by atoms with Gasteiger partial charge in [-0.15, -0.1) is 0 Å². The van der Waals surface area contributed by atoms with Crippen molar-refractivity contribution in [1.29, 1.82) is 0 Å². The molecule has 0 aromatic rings. The molecule has 110 valence electrons. The number of unbranched alkanes of at least 4 members (excludes halogenated alkanes) is 3. The third-order valence-corrected chi connectivity index (χ3v) is 3.03. The van der Waals surface area contributed by atoms with Crippen LogP contribution in [0, 0.1) is 0 Å². The fourth-order valence-electron chi connectivity index (χ4n) is 2.09. The number of ether oxygens (including phenoxy) is 2. The summed E-state index contributed by atoms with van der Waals surface area (Å²) in [5, 5.41) is 3.60. The van der Waals surface area contributed by atoms with Crippen molar-refractivity contribution in [3.63, 3.8) is 0 Å². The van der Waals surface area contributed by atoms with Crippen LogP contribution in [-0.2, 0) is 9.47 Å². The van der Waals surface area contributed by atoms with E-state index in [1.807, 2.05) is 13.8 Å². The molecule has 1 N–H and O–H groups in total. The third-order valence-electron chi connectivity index (χ3n) is 3.03.